The van der Waals surface area contributed by atoms with Gasteiger partial charge in [0.1, 0.15) is 0 Å². The first-order chi connectivity index (χ1) is 5.91. The van der Waals surface area contributed by atoms with Crippen LogP contribution in [0, 0.1) is 6.92 Å². The van der Waals surface area contributed by atoms with Crippen molar-refractivity contribution in [3.63, 3.8) is 0 Å². The van der Waals surface area contributed by atoms with Gasteiger partial charge < -0.3 is 0 Å². The average Bonchev–Trinajstić information content (AvgIpc) is 2.01. The molecule has 0 atom stereocenters. The van der Waals surface area contributed by atoms with E-state index in [9.17, 15) is 8.78 Å². The van der Waals surface area contributed by atoms with Gasteiger partial charge in [-0.05, 0) is 24.1 Å². The van der Waals surface area contributed by atoms with Gasteiger partial charge in [-0.15, -0.1) is 0 Å². The van der Waals surface area contributed by atoms with Gasteiger partial charge in [0.2, 0.25) is 0 Å². The van der Waals surface area contributed by atoms with Crippen LogP contribution in [0.15, 0.2) is 30.8 Å². The minimum atomic E-state index is -3.37. The Labute approximate surface area is 80.8 Å². The van der Waals surface area contributed by atoms with E-state index in [4.69, 9.17) is 11.6 Å². The first-order valence-corrected chi connectivity index (χ1v) is 4.12. The zero-order chi connectivity index (χ0) is 10.1. The predicted octanol–water partition coefficient (Wildman–Crippen LogP) is 3.84. The number of halogens is 3. The van der Waals surface area contributed by atoms with E-state index in [1.54, 1.807) is 18.2 Å². The van der Waals surface area contributed by atoms with Crippen LogP contribution >= 0.6 is 11.6 Å². The van der Waals surface area contributed by atoms with E-state index in [2.05, 4.69) is 6.58 Å². The van der Waals surface area contributed by atoms with Crippen molar-refractivity contribution in [3.05, 3.63) is 42.0 Å². The molecule has 1 aromatic carbocycles. The smallest absolute Gasteiger partial charge is 0.183 e. The summed E-state index contributed by atoms with van der Waals surface area (Å²) in [6.45, 7) is 5.08. The molecule has 3 heteroatoms. The van der Waals surface area contributed by atoms with Crippen LogP contribution in [0.25, 0.3) is 5.57 Å². The van der Waals surface area contributed by atoms with E-state index in [-0.39, 0.29) is 5.57 Å². The van der Waals surface area contributed by atoms with Gasteiger partial charge in [0, 0.05) is 5.57 Å². The Bertz CT molecular complexity index is 326. The Balaban J connectivity index is 3.03. The molecule has 0 aliphatic rings. The largest absolute Gasteiger partial charge is 0.348 e. The fourth-order valence-corrected chi connectivity index (χ4v) is 1.11. The highest BCUT2D eigenvalue weighted by atomic mass is 35.5. The van der Waals surface area contributed by atoms with Crippen molar-refractivity contribution in [1.29, 1.82) is 0 Å². The molecule has 0 saturated carbocycles. The second-order valence-electron chi connectivity index (χ2n) is 2.85. The minimum absolute atomic E-state index is 0.363. The van der Waals surface area contributed by atoms with E-state index < -0.39 is 5.38 Å². The summed E-state index contributed by atoms with van der Waals surface area (Å²) in [5.74, 6) is 0. The lowest BCUT2D eigenvalue weighted by atomic mass is 10.1. The predicted molar refractivity (Wildman–Crippen MR) is 51.0 cm³/mol. The zero-order valence-electron chi connectivity index (χ0n) is 7.15. The normalized spacial score (nSPS) is 11.4. The van der Waals surface area contributed by atoms with E-state index in [0.29, 0.717) is 5.56 Å². The highest BCUT2D eigenvalue weighted by Crippen LogP contribution is 2.34. The molecular weight excluding hydrogens is 194 g/mol. The number of alkyl halides is 3. The standard InChI is InChI=1S/C10H9ClF2/c1-7-4-3-5-9(6-7)8(2)10(11,12)13/h3-6H,2H2,1H3. The number of benzene rings is 1. The molecule has 0 N–H and O–H groups in total. The molecule has 0 saturated heterocycles. The van der Waals surface area contributed by atoms with Crippen LogP contribution in [-0.2, 0) is 0 Å². The molecule has 0 fully saturated rings. The number of allylic oxidation sites excluding steroid dienone is 1. The van der Waals surface area contributed by atoms with Crippen LogP contribution in [0.5, 0.6) is 0 Å². The highest BCUT2D eigenvalue weighted by Gasteiger charge is 2.29. The maximum atomic E-state index is 12.6. The summed E-state index contributed by atoms with van der Waals surface area (Å²) in [6, 6.07) is 6.70. The molecule has 0 heterocycles. The summed E-state index contributed by atoms with van der Waals surface area (Å²) >= 11 is 4.84. The van der Waals surface area contributed by atoms with Crippen molar-refractivity contribution < 1.29 is 8.78 Å². The minimum Gasteiger partial charge on any atom is -0.183 e. The van der Waals surface area contributed by atoms with Crippen LogP contribution in [0.1, 0.15) is 11.1 Å². The molecule has 0 amide bonds. The van der Waals surface area contributed by atoms with Gasteiger partial charge >= 0.3 is 5.38 Å². The molecule has 0 unspecified atom stereocenters. The molecule has 1 rings (SSSR count). The van der Waals surface area contributed by atoms with Crippen LogP contribution in [-0.4, -0.2) is 5.38 Å². The van der Waals surface area contributed by atoms with Gasteiger partial charge in [0.15, 0.2) is 0 Å². The van der Waals surface area contributed by atoms with Gasteiger partial charge in [-0.3, -0.25) is 0 Å². The molecule has 1 aromatic rings. The van der Waals surface area contributed by atoms with Gasteiger partial charge in [0.25, 0.3) is 0 Å². The SMILES string of the molecule is C=C(c1cccc(C)c1)C(F)(F)Cl. The van der Waals surface area contributed by atoms with Gasteiger partial charge in [0.05, 0.1) is 0 Å². The summed E-state index contributed by atoms with van der Waals surface area (Å²) < 4.78 is 25.2. The van der Waals surface area contributed by atoms with E-state index >= 15 is 0 Å². The summed E-state index contributed by atoms with van der Waals surface area (Å²) in [6.07, 6.45) is 0. The third kappa shape index (κ3) is 2.52. The average molecular weight is 203 g/mol. The van der Waals surface area contributed by atoms with Crippen LogP contribution < -0.4 is 0 Å². The Morgan fingerprint density at radius 3 is 2.54 bits per heavy atom. The quantitative estimate of drug-likeness (QED) is 0.640. The van der Waals surface area contributed by atoms with Crippen molar-refractivity contribution in [3.8, 4) is 0 Å². The Hall–Kier alpha value is -0.890. The lowest BCUT2D eigenvalue weighted by Crippen LogP contribution is -2.07. The molecule has 0 bridgehead atoms. The molecular formula is C10H9ClF2. The fourth-order valence-electron chi connectivity index (χ4n) is 0.996. The van der Waals surface area contributed by atoms with Gasteiger partial charge in [-0.25, -0.2) is 0 Å². The van der Waals surface area contributed by atoms with Gasteiger partial charge in [-0.1, -0.05) is 36.4 Å². The second-order valence-corrected chi connectivity index (χ2v) is 3.32. The molecule has 0 aromatic heterocycles. The van der Waals surface area contributed by atoms with Crippen molar-refractivity contribution in [2.75, 3.05) is 0 Å². The monoisotopic (exact) mass is 202 g/mol. The fraction of sp³-hybridized carbons (Fsp3) is 0.200. The highest BCUT2D eigenvalue weighted by molar-refractivity contribution is 6.27. The molecule has 0 nitrogen and oxygen atoms in total. The lowest BCUT2D eigenvalue weighted by Gasteiger charge is -2.11. The topological polar surface area (TPSA) is 0 Å². The second kappa shape index (κ2) is 3.46. The summed E-state index contributed by atoms with van der Waals surface area (Å²) in [4.78, 5) is 0. The Morgan fingerprint density at radius 2 is 2.08 bits per heavy atom. The Kier molecular flexibility index (Phi) is 2.71. The van der Waals surface area contributed by atoms with Crippen molar-refractivity contribution >= 4 is 17.2 Å². The molecule has 0 spiro atoms. The van der Waals surface area contributed by atoms with Crippen LogP contribution in [0.3, 0.4) is 0 Å². The van der Waals surface area contributed by atoms with E-state index in [1.807, 2.05) is 13.0 Å². The number of hydrogen-bond donors (Lipinski definition) is 0. The summed E-state index contributed by atoms with van der Waals surface area (Å²) in [5, 5.41) is -3.37. The molecule has 13 heavy (non-hydrogen) atoms. The van der Waals surface area contributed by atoms with Gasteiger partial charge in [-0.2, -0.15) is 8.78 Å². The molecule has 70 valence electrons. The first-order valence-electron chi connectivity index (χ1n) is 3.74. The first kappa shape index (κ1) is 10.2. The molecule has 0 radical (unpaired) electrons. The molecule has 0 aliphatic heterocycles. The number of hydrogen-bond acceptors (Lipinski definition) is 0. The third-order valence-electron chi connectivity index (χ3n) is 1.71. The van der Waals surface area contributed by atoms with E-state index in [1.165, 1.54) is 0 Å². The maximum absolute atomic E-state index is 12.6. The number of rotatable bonds is 2. The maximum Gasteiger partial charge on any atom is 0.348 e. The molecule has 0 aliphatic carbocycles. The van der Waals surface area contributed by atoms with Crippen LogP contribution in [0.2, 0.25) is 0 Å². The van der Waals surface area contributed by atoms with Crippen LogP contribution in [0.4, 0.5) is 8.78 Å². The summed E-state index contributed by atoms with van der Waals surface area (Å²) in [7, 11) is 0. The lowest BCUT2D eigenvalue weighted by molar-refractivity contribution is 0.165. The summed E-state index contributed by atoms with van der Waals surface area (Å²) in [5.41, 5.74) is 0.914. The van der Waals surface area contributed by atoms with Crippen molar-refractivity contribution in [1.82, 2.24) is 0 Å². The zero-order valence-corrected chi connectivity index (χ0v) is 7.91. The van der Waals surface area contributed by atoms with Crippen molar-refractivity contribution in [2.45, 2.75) is 12.3 Å². The Morgan fingerprint density at radius 1 is 1.46 bits per heavy atom. The number of aryl methyl sites for hydroxylation is 1. The third-order valence-corrected chi connectivity index (χ3v) is 1.94. The van der Waals surface area contributed by atoms with Crippen molar-refractivity contribution in [2.24, 2.45) is 0 Å². The van der Waals surface area contributed by atoms with E-state index in [0.717, 1.165) is 5.56 Å².